The molecule has 0 aromatic heterocycles. The van der Waals surface area contributed by atoms with E-state index < -0.39 is 5.91 Å². The second-order valence-corrected chi connectivity index (χ2v) is 7.45. The molecule has 0 heterocycles. The summed E-state index contributed by atoms with van der Waals surface area (Å²) >= 11 is 3.51. The van der Waals surface area contributed by atoms with Crippen LogP contribution in [-0.2, 0) is 6.61 Å². The molecule has 0 fully saturated rings. The molecular formula is C24H23BrN2O5. The number of hydrogen-bond acceptors (Lipinski definition) is 6. The van der Waals surface area contributed by atoms with Gasteiger partial charge in [0.25, 0.3) is 5.91 Å². The number of nitrogens with zero attached hydrogens (tertiary/aromatic N) is 1. The average Bonchev–Trinajstić information content (AvgIpc) is 2.83. The molecule has 0 spiro atoms. The first kappa shape index (κ1) is 23.1. The number of methoxy groups -OCH3 is 3. The quantitative estimate of drug-likeness (QED) is 0.338. The Kier molecular flexibility index (Phi) is 8.10. The first-order valence-corrected chi connectivity index (χ1v) is 10.4. The van der Waals surface area contributed by atoms with Crippen molar-refractivity contribution in [2.24, 2.45) is 5.10 Å². The van der Waals surface area contributed by atoms with Crippen LogP contribution >= 0.6 is 15.9 Å². The first-order valence-electron chi connectivity index (χ1n) is 9.64. The third-order valence-electron chi connectivity index (χ3n) is 4.50. The normalized spacial score (nSPS) is 10.6. The van der Waals surface area contributed by atoms with Gasteiger partial charge in [0.2, 0.25) is 0 Å². The predicted octanol–water partition coefficient (Wildman–Crippen LogP) is 4.82. The molecule has 166 valence electrons. The minimum absolute atomic E-state index is 0.361. The molecule has 0 radical (unpaired) electrons. The molecule has 0 aliphatic rings. The van der Waals surface area contributed by atoms with E-state index in [-0.39, 0.29) is 0 Å². The lowest BCUT2D eigenvalue weighted by atomic mass is 10.2. The fourth-order valence-corrected chi connectivity index (χ4v) is 3.25. The lowest BCUT2D eigenvalue weighted by Gasteiger charge is -2.13. The Morgan fingerprint density at radius 3 is 2.25 bits per heavy atom. The molecule has 0 unspecified atom stereocenters. The molecular weight excluding hydrogens is 476 g/mol. The van der Waals surface area contributed by atoms with Crippen LogP contribution in [0, 0.1) is 0 Å². The number of halogens is 1. The van der Waals surface area contributed by atoms with Crippen molar-refractivity contribution in [1.82, 2.24) is 5.43 Å². The Hall–Kier alpha value is -3.52. The van der Waals surface area contributed by atoms with Crippen molar-refractivity contribution in [3.8, 4) is 23.0 Å². The number of ether oxygens (including phenoxy) is 4. The fourth-order valence-electron chi connectivity index (χ4n) is 2.82. The maximum atomic E-state index is 12.5. The van der Waals surface area contributed by atoms with Crippen molar-refractivity contribution < 1.29 is 23.7 Å². The van der Waals surface area contributed by atoms with Crippen LogP contribution in [0.4, 0.5) is 0 Å². The smallest absolute Gasteiger partial charge is 0.271 e. The number of hydrogen-bond donors (Lipinski definition) is 1. The van der Waals surface area contributed by atoms with E-state index in [9.17, 15) is 4.79 Å². The van der Waals surface area contributed by atoms with E-state index in [1.807, 2.05) is 30.3 Å². The first-order chi connectivity index (χ1) is 15.5. The zero-order valence-corrected chi connectivity index (χ0v) is 19.5. The molecule has 0 saturated carbocycles. The van der Waals surface area contributed by atoms with Crippen molar-refractivity contribution >= 4 is 28.1 Å². The van der Waals surface area contributed by atoms with Gasteiger partial charge in [-0.3, -0.25) is 4.79 Å². The highest BCUT2D eigenvalue weighted by molar-refractivity contribution is 9.10. The van der Waals surface area contributed by atoms with Gasteiger partial charge in [0.15, 0.2) is 11.5 Å². The summed E-state index contributed by atoms with van der Waals surface area (Å²) in [7, 11) is 4.61. The molecule has 7 nitrogen and oxygen atoms in total. The standard InChI is InChI=1S/C24H23BrN2O5/c1-29-19-9-17(10-20(12-19)30-2)24(28)27-26-14-18-11-22(31-3)23(13-21(18)25)32-15-16-7-5-4-6-8-16/h4-14H,15H2,1-3H3,(H,27,28)/b26-14-. The molecule has 32 heavy (non-hydrogen) atoms. The highest BCUT2D eigenvalue weighted by Crippen LogP contribution is 2.33. The van der Waals surface area contributed by atoms with E-state index in [1.165, 1.54) is 20.4 Å². The zero-order valence-electron chi connectivity index (χ0n) is 17.9. The molecule has 3 aromatic rings. The van der Waals surface area contributed by atoms with E-state index in [1.54, 1.807) is 37.4 Å². The maximum absolute atomic E-state index is 12.5. The van der Waals surface area contributed by atoms with Gasteiger partial charge in [-0.15, -0.1) is 0 Å². The number of carbonyl (C=O) groups excluding carboxylic acids is 1. The van der Waals surface area contributed by atoms with Crippen molar-refractivity contribution in [1.29, 1.82) is 0 Å². The van der Waals surface area contributed by atoms with Crippen LogP contribution in [0.1, 0.15) is 21.5 Å². The van der Waals surface area contributed by atoms with Crippen molar-refractivity contribution in [3.63, 3.8) is 0 Å². The van der Waals surface area contributed by atoms with Crippen LogP contribution in [-0.4, -0.2) is 33.5 Å². The molecule has 0 atom stereocenters. The van der Waals surface area contributed by atoms with E-state index in [2.05, 4.69) is 26.5 Å². The monoisotopic (exact) mass is 498 g/mol. The third-order valence-corrected chi connectivity index (χ3v) is 5.19. The topological polar surface area (TPSA) is 78.4 Å². The van der Waals surface area contributed by atoms with Gasteiger partial charge in [-0.05, 0) is 45.8 Å². The second-order valence-electron chi connectivity index (χ2n) is 6.60. The Bertz CT molecular complexity index is 1080. The SMILES string of the molecule is COc1cc(OC)cc(C(=O)N/N=C\c2cc(OC)c(OCc3ccccc3)cc2Br)c1. The Labute approximate surface area is 195 Å². The van der Waals surface area contributed by atoms with Crippen molar-refractivity contribution in [3.05, 3.63) is 81.8 Å². The molecule has 0 aliphatic carbocycles. The summed E-state index contributed by atoms with van der Waals surface area (Å²) in [6, 6.07) is 18.3. The fraction of sp³-hybridized carbons (Fsp3) is 0.167. The number of nitrogens with one attached hydrogen (secondary N) is 1. The zero-order chi connectivity index (χ0) is 22.9. The van der Waals surface area contributed by atoms with E-state index in [4.69, 9.17) is 18.9 Å². The van der Waals surface area contributed by atoms with Gasteiger partial charge in [0.05, 0.1) is 27.5 Å². The minimum atomic E-state index is -0.399. The highest BCUT2D eigenvalue weighted by atomic mass is 79.9. The van der Waals surface area contributed by atoms with Crippen LogP contribution < -0.4 is 24.4 Å². The summed E-state index contributed by atoms with van der Waals surface area (Å²) in [5.74, 6) is 1.76. The number of rotatable bonds is 9. The van der Waals surface area contributed by atoms with Gasteiger partial charge in [-0.2, -0.15) is 5.10 Å². The Morgan fingerprint density at radius 2 is 1.62 bits per heavy atom. The molecule has 0 aliphatic heterocycles. The van der Waals surface area contributed by atoms with Gasteiger partial charge in [0, 0.05) is 21.7 Å². The van der Waals surface area contributed by atoms with Gasteiger partial charge in [0.1, 0.15) is 18.1 Å². The summed E-state index contributed by atoms with van der Waals surface area (Å²) in [6.45, 7) is 0.414. The van der Waals surface area contributed by atoms with Crippen LogP contribution in [0.5, 0.6) is 23.0 Å². The predicted molar refractivity (Wildman–Crippen MR) is 126 cm³/mol. The largest absolute Gasteiger partial charge is 0.497 e. The number of benzene rings is 3. The summed E-state index contributed by atoms with van der Waals surface area (Å²) in [5.41, 5.74) is 4.62. The van der Waals surface area contributed by atoms with Gasteiger partial charge >= 0.3 is 0 Å². The van der Waals surface area contributed by atoms with Crippen molar-refractivity contribution in [2.45, 2.75) is 6.61 Å². The Morgan fingerprint density at radius 1 is 0.938 bits per heavy atom. The van der Waals surface area contributed by atoms with E-state index in [0.29, 0.717) is 40.7 Å². The summed E-state index contributed by atoms with van der Waals surface area (Å²) < 4.78 is 22.5. The molecule has 0 saturated heterocycles. The summed E-state index contributed by atoms with van der Waals surface area (Å²) in [5, 5.41) is 4.06. The molecule has 0 bridgehead atoms. The molecule has 8 heteroatoms. The number of amides is 1. The lowest BCUT2D eigenvalue weighted by molar-refractivity contribution is 0.0954. The highest BCUT2D eigenvalue weighted by Gasteiger charge is 2.11. The Balaban J connectivity index is 1.71. The van der Waals surface area contributed by atoms with E-state index >= 15 is 0 Å². The lowest BCUT2D eigenvalue weighted by Crippen LogP contribution is -2.17. The molecule has 1 amide bonds. The van der Waals surface area contributed by atoms with Crippen LogP contribution in [0.25, 0.3) is 0 Å². The maximum Gasteiger partial charge on any atom is 0.271 e. The van der Waals surface area contributed by atoms with Gasteiger partial charge in [-0.1, -0.05) is 30.3 Å². The van der Waals surface area contributed by atoms with Crippen LogP contribution in [0.3, 0.4) is 0 Å². The third kappa shape index (κ3) is 6.01. The van der Waals surface area contributed by atoms with Crippen LogP contribution in [0.15, 0.2) is 70.2 Å². The van der Waals surface area contributed by atoms with Crippen molar-refractivity contribution in [2.75, 3.05) is 21.3 Å². The number of hydrazone groups is 1. The molecule has 3 rings (SSSR count). The minimum Gasteiger partial charge on any atom is -0.497 e. The summed E-state index contributed by atoms with van der Waals surface area (Å²) in [4.78, 5) is 12.5. The molecule has 3 aromatic carbocycles. The van der Waals surface area contributed by atoms with Crippen LogP contribution in [0.2, 0.25) is 0 Å². The van der Waals surface area contributed by atoms with E-state index in [0.717, 1.165) is 10.0 Å². The molecule has 1 N–H and O–H groups in total. The van der Waals surface area contributed by atoms with Gasteiger partial charge in [-0.25, -0.2) is 5.43 Å². The summed E-state index contributed by atoms with van der Waals surface area (Å²) in [6.07, 6.45) is 1.52. The van der Waals surface area contributed by atoms with Gasteiger partial charge < -0.3 is 18.9 Å². The number of carbonyl (C=O) groups is 1. The second kappa shape index (κ2) is 11.2. The average molecular weight is 499 g/mol.